The smallest absolute Gasteiger partial charge is 0.407 e. The summed E-state index contributed by atoms with van der Waals surface area (Å²) in [5, 5.41) is 19.8. The fraction of sp³-hybridized carbons (Fsp3) is 0.786. The number of nitrogens with zero attached hydrogens (tertiary/aromatic N) is 2. The molecular formula is C14H24N4O3. The summed E-state index contributed by atoms with van der Waals surface area (Å²) in [4.78, 5) is 15.9. The number of hydrogen-bond donors (Lipinski definition) is 3. The van der Waals surface area contributed by atoms with Crippen LogP contribution in [0.1, 0.15) is 51.2 Å². The second-order valence-corrected chi connectivity index (χ2v) is 6.66. The molecule has 1 fully saturated rings. The minimum Gasteiger partial charge on any atom is -0.444 e. The molecule has 1 aliphatic rings. The van der Waals surface area contributed by atoms with Crippen molar-refractivity contribution in [1.82, 2.24) is 20.5 Å². The van der Waals surface area contributed by atoms with Crippen LogP contribution in [0.2, 0.25) is 0 Å². The van der Waals surface area contributed by atoms with Gasteiger partial charge in [0.15, 0.2) is 5.82 Å². The van der Waals surface area contributed by atoms with Crippen molar-refractivity contribution in [3.63, 3.8) is 0 Å². The van der Waals surface area contributed by atoms with Gasteiger partial charge >= 0.3 is 6.09 Å². The highest BCUT2D eigenvalue weighted by Gasteiger charge is 2.36. The van der Waals surface area contributed by atoms with Gasteiger partial charge in [-0.2, -0.15) is 5.10 Å². The van der Waals surface area contributed by atoms with Crippen LogP contribution in [0.5, 0.6) is 0 Å². The quantitative estimate of drug-likeness (QED) is 0.784. The summed E-state index contributed by atoms with van der Waals surface area (Å²) in [5.74, 6) is 1.65. The SMILES string of the molecule is Cc1nc([C@H]2C[C@H](CNC(=O)OC(C)(C)C)[C@H](O)C2)n[nH]1. The molecule has 1 heterocycles. The lowest BCUT2D eigenvalue weighted by molar-refractivity contribution is 0.0500. The number of aliphatic hydroxyl groups excluding tert-OH is 1. The van der Waals surface area contributed by atoms with E-state index in [1.807, 2.05) is 27.7 Å². The van der Waals surface area contributed by atoms with Gasteiger partial charge < -0.3 is 15.2 Å². The summed E-state index contributed by atoms with van der Waals surface area (Å²) >= 11 is 0. The summed E-state index contributed by atoms with van der Waals surface area (Å²) in [5.41, 5.74) is -0.516. The highest BCUT2D eigenvalue weighted by atomic mass is 16.6. The molecule has 7 heteroatoms. The van der Waals surface area contributed by atoms with Gasteiger partial charge in [0.05, 0.1) is 6.10 Å². The van der Waals surface area contributed by atoms with E-state index in [4.69, 9.17) is 4.74 Å². The molecule has 1 aromatic heterocycles. The summed E-state index contributed by atoms with van der Waals surface area (Å²) < 4.78 is 5.19. The monoisotopic (exact) mass is 296 g/mol. The first-order valence-corrected chi connectivity index (χ1v) is 7.28. The molecule has 3 N–H and O–H groups in total. The fourth-order valence-corrected chi connectivity index (χ4v) is 2.60. The van der Waals surface area contributed by atoms with E-state index in [0.29, 0.717) is 13.0 Å². The Balaban J connectivity index is 1.83. The number of aromatic amines is 1. The lowest BCUT2D eigenvalue weighted by Gasteiger charge is -2.21. The molecule has 0 saturated heterocycles. The summed E-state index contributed by atoms with van der Waals surface area (Å²) in [6, 6.07) is 0. The Bertz CT molecular complexity index is 495. The van der Waals surface area contributed by atoms with Crippen LogP contribution in [0, 0.1) is 12.8 Å². The second kappa shape index (κ2) is 6.01. The minimum atomic E-state index is -0.516. The van der Waals surface area contributed by atoms with E-state index >= 15 is 0 Å². The van der Waals surface area contributed by atoms with Gasteiger partial charge in [0, 0.05) is 18.4 Å². The number of carbonyl (C=O) groups excluding carboxylic acids is 1. The number of aromatic nitrogens is 3. The lowest BCUT2D eigenvalue weighted by atomic mass is 10.0. The molecule has 0 aromatic carbocycles. The van der Waals surface area contributed by atoms with Crippen LogP contribution in [0.3, 0.4) is 0 Å². The van der Waals surface area contributed by atoms with Crippen LogP contribution in [0.4, 0.5) is 4.79 Å². The third kappa shape index (κ3) is 4.42. The molecule has 7 nitrogen and oxygen atoms in total. The van der Waals surface area contributed by atoms with Gasteiger partial charge in [-0.25, -0.2) is 9.78 Å². The predicted molar refractivity (Wildman–Crippen MR) is 76.8 cm³/mol. The molecule has 3 atom stereocenters. The van der Waals surface area contributed by atoms with Crippen LogP contribution < -0.4 is 5.32 Å². The van der Waals surface area contributed by atoms with E-state index < -0.39 is 17.8 Å². The zero-order chi connectivity index (χ0) is 15.6. The van der Waals surface area contributed by atoms with Gasteiger partial charge in [-0.05, 0) is 40.5 Å². The molecule has 118 valence electrons. The van der Waals surface area contributed by atoms with Crippen LogP contribution in [-0.4, -0.2) is 44.6 Å². The van der Waals surface area contributed by atoms with E-state index in [-0.39, 0.29) is 11.8 Å². The maximum atomic E-state index is 11.6. The molecule has 1 aliphatic carbocycles. The number of rotatable bonds is 3. The Morgan fingerprint density at radius 2 is 2.19 bits per heavy atom. The largest absolute Gasteiger partial charge is 0.444 e. The topological polar surface area (TPSA) is 100 Å². The molecule has 1 saturated carbocycles. The number of nitrogens with one attached hydrogen (secondary N) is 2. The molecular weight excluding hydrogens is 272 g/mol. The average molecular weight is 296 g/mol. The number of aliphatic hydroxyl groups is 1. The first kappa shape index (κ1) is 15.8. The predicted octanol–water partition coefficient (Wildman–Crippen LogP) is 1.49. The Morgan fingerprint density at radius 3 is 2.76 bits per heavy atom. The van der Waals surface area contributed by atoms with Crippen molar-refractivity contribution in [3.05, 3.63) is 11.6 Å². The van der Waals surface area contributed by atoms with E-state index in [1.165, 1.54) is 0 Å². The maximum absolute atomic E-state index is 11.6. The molecule has 21 heavy (non-hydrogen) atoms. The molecule has 0 unspecified atom stereocenters. The van der Waals surface area contributed by atoms with Gasteiger partial charge in [-0.1, -0.05) is 0 Å². The number of H-pyrrole nitrogens is 1. The number of alkyl carbamates (subject to hydrolysis) is 1. The average Bonchev–Trinajstić information content (AvgIpc) is 2.91. The third-order valence-electron chi connectivity index (χ3n) is 3.54. The summed E-state index contributed by atoms with van der Waals surface area (Å²) in [7, 11) is 0. The summed E-state index contributed by atoms with van der Waals surface area (Å²) in [6.07, 6.45) is 0.474. The number of carbonyl (C=O) groups is 1. The Morgan fingerprint density at radius 1 is 1.48 bits per heavy atom. The maximum Gasteiger partial charge on any atom is 0.407 e. The van der Waals surface area contributed by atoms with Crippen molar-refractivity contribution in [2.45, 2.75) is 58.2 Å². The second-order valence-electron chi connectivity index (χ2n) is 6.66. The zero-order valence-corrected chi connectivity index (χ0v) is 13.0. The van der Waals surface area contributed by atoms with E-state index in [0.717, 1.165) is 18.1 Å². The van der Waals surface area contributed by atoms with Crippen LogP contribution in [0.25, 0.3) is 0 Å². The Kier molecular flexibility index (Phi) is 4.51. The molecule has 0 radical (unpaired) electrons. The first-order valence-electron chi connectivity index (χ1n) is 7.28. The van der Waals surface area contributed by atoms with Crippen molar-refractivity contribution in [3.8, 4) is 0 Å². The normalized spacial score (nSPS) is 25.9. The molecule has 2 rings (SSSR count). The van der Waals surface area contributed by atoms with Gasteiger partial charge in [0.25, 0.3) is 0 Å². The minimum absolute atomic E-state index is 0.00123. The Labute approximate surface area is 124 Å². The van der Waals surface area contributed by atoms with Gasteiger partial charge in [-0.15, -0.1) is 0 Å². The zero-order valence-electron chi connectivity index (χ0n) is 13.0. The molecule has 0 aliphatic heterocycles. The van der Waals surface area contributed by atoms with Crippen molar-refractivity contribution in [2.24, 2.45) is 5.92 Å². The van der Waals surface area contributed by atoms with Crippen molar-refractivity contribution in [1.29, 1.82) is 0 Å². The van der Waals surface area contributed by atoms with Gasteiger partial charge in [0.1, 0.15) is 11.4 Å². The van der Waals surface area contributed by atoms with Gasteiger partial charge in [-0.3, -0.25) is 5.10 Å². The lowest BCUT2D eigenvalue weighted by Crippen LogP contribution is -2.36. The third-order valence-corrected chi connectivity index (χ3v) is 3.54. The molecule has 0 bridgehead atoms. The van der Waals surface area contributed by atoms with E-state index in [9.17, 15) is 9.90 Å². The van der Waals surface area contributed by atoms with Crippen molar-refractivity contribution >= 4 is 6.09 Å². The van der Waals surface area contributed by atoms with Crippen LogP contribution >= 0.6 is 0 Å². The summed E-state index contributed by atoms with van der Waals surface area (Å²) in [6.45, 7) is 7.70. The van der Waals surface area contributed by atoms with Crippen LogP contribution in [-0.2, 0) is 4.74 Å². The first-order chi connectivity index (χ1) is 9.74. The Hall–Kier alpha value is -1.63. The molecule has 0 spiro atoms. The van der Waals surface area contributed by atoms with E-state index in [2.05, 4.69) is 20.5 Å². The standard InChI is InChI=1S/C14H24N4O3/c1-8-16-12(18-17-8)9-5-10(11(19)6-9)7-15-13(20)21-14(2,3)4/h9-11,19H,5-7H2,1-4H3,(H,15,20)(H,16,17,18)/t9-,10+,11+/m0/s1. The number of aryl methyl sites for hydroxylation is 1. The highest BCUT2D eigenvalue weighted by molar-refractivity contribution is 5.67. The van der Waals surface area contributed by atoms with Crippen molar-refractivity contribution in [2.75, 3.05) is 6.54 Å². The number of hydrogen-bond acceptors (Lipinski definition) is 5. The number of ether oxygens (including phenoxy) is 1. The van der Waals surface area contributed by atoms with E-state index in [1.54, 1.807) is 0 Å². The molecule has 1 aromatic rings. The molecule has 1 amide bonds. The fourth-order valence-electron chi connectivity index (χ4n) is 2.60. The number of amides is 1. The van der Waals surface area contributed by atoms with Crippen LogP contribution in [0.15, 0.2) is 0 Å². The van der Waals surface area contributed by atoms with Gasteiger partial charge in [0.2, 0.25) is 0 Å². The highest BCUT2D eigenvalue weighted by Crippen LogP contribution is 2.36. The van der Waals surface area contributed by atoms with Crippen molar-refractivity contribution < 1.29 is 14.6 Å².